The minimum Gasteiger partial charge on any atom is -0.373 e. The van der Waals surface area contributed by atoms with Gasteiger partial charge in [-0.05, 0) is 45.2 Å². The van der Waals surface area contributed by atoms with Crippen molar-refractivity contribution in [2.24, 2.45) is 0 Å². The Labute approximate surface area is 241 Å². The van der Waals surface area contributed by atoms with Gasteiger partial charge >= 0.3 is 13.9 Å². The highest BCUT2D eigenvalue weighted by Crippen LogP contribution is 2.50. The van der Waals surface area contributed by atoms with E-state index in [0.29, 0.717) is 47.3 Å². The van der Waals surface area contributed by atoms with Crippen LogP contribution in [0.2, 0.25) is 0 Å². The molecule has 2 atom stereocenters. The number of rotatable bonds is 10. The van der Waals surface area contributed by atoms with Gasteiger partial charge in [-0.2, -0.15) is 0 Å². The van der Waals surface area contributed by atoms with E-state index in [4.69, 9.17) is 13.8 Å². The highest BCUT2D eigenvalue weighted by Gasteiger charge is 2.36. The number of H-pyrrole nitrogens is 1. The van der Waals surface area contributed by atoms with Crippen LogP contribution in [0.15, 0.2) is 48.8 Å². The summed E-state index contributed by atoms with van der Waals surface area (Å²) in [6.45, 7) is 5.67. The number of hydrogen-bond donors (Lipinski definition) is 4. The number of phosphoric acid groups is 1. The summed E-state index contributed by atoms with van der Waals surface area (Å²) in [6, 6.07) is 10.0. The van der Waals surface area contributed by atoms with Gasteiger partial charge in [0.2, 0.25) is 5.95 Å². The lowest BCUT2D eigenvalue weighted by Crippen LogP contribution is -2.28. The first-order valence-electron chi connectivity index (χ1n) is 13.5. The summed E-state index contributed by atoms with van der Waals surface area (Å²) in [5.41, 5.74) is 0.993. The molecule has 1 aliphatic heterocycles. The number of benzene rings is 2. The SMILES string of the molecule is CCNC(=O)Nc1nc2cc(-c3cnc(C(C)(C)OP(=O)(O)OCc4ccccc4)nc3)c(F)c([C@H]3CCCO3)c2[nH]1. The maximum Gasteiger partial charge on any atom is 0.473 e. The minimum atomic E-state index is -4.48. The maximum absolute atomic E-state index is 16.1. The van der Waals surface area contributed by atoms with E-state index in [1.807, 2.05) is 6.07 Å². The molecule has 0 aliphatic carbocycles. The lowest BCUT2D eigenvalue weighted by molar-refractivity contribution is 0.0373. The zero-order valence-electron chi connectivity index (χ0n) is 23.4. The second kappa shape index (κ2) is 12.2. The number of phosphoric ester groups is 1. The molecule has 2 aromatic carbocycles. The maximum atomic E-state index is 16.1. The van der Waals surface area contributed by atoms with E-state index in [1.165, 1.54) is 26.2 Å². The van der Waals surface area contributed by atoms with Crippen LogP contribution in [0.1, 0.15) is 56.7 Å². The van der Waals surface area contributed by atoms with Gasteiger partial charge in [0.25, 0.3) is 0 Å². The molecule has 0 bridgehead atoms. The van der Waals surface area contributed by atoms with Crippen LogP contribution in [0, 0.1) is 5.82 Å². The Balaban J connectivity index is 1.41. The van der Waals surface area contributed by atoms with Crippen molar-refractivity contribution in [2.75, 3.05) is 18.5 Å². The molecule has 2 amide bonds. The molecule has 2 aromatic heterocycles. The van der Waals surface area contributed by atoms with Gasteiger partial charge in [-0.3, -0.25) is 14.4 Å². The molecule has 5 rings (SSSR count). The van der Waals surface area contributed by atoms with Crippen LogP contribution in [0.4, 0.5) is 15.1 Å². The van der Waals surface area contributed by atoms with Crippen LogP contribution in [0.5, 0.6) is 0 Å². The number of imidazole rings is 1. The number of carbonyl (C=O) groups excluding carboxylic acids is 1. The molecule has 0 spiro atoms. The average molecular weight is 599 g/mol. The van der Waals surface area contributed by atoms with Gasteiger partial charge in [0.15, 0.2) is 5.82 Å². The molecule has 42 heavy (non-hydrogen) atoms. The fourth-order valence-electron chi connectivity index (χ4n) is 4.70. The molecule has 0 saturated carbocycles. The van der Waals surface area contributed by atoms with Crippen molar-refractivity contribution in [1.29, 1.82) is 0 Å². The largest absolute Gasteiger partial charge is 0.473 e. The molecular weight excluding hydrogens is 566 g/mol. The molecule has 4 aromatic rings. The first-order valence-corrected chi connectivity index (χ1v) is 15.0. The van der Waals surface area contributed by atoms with Gasteiger partial charge in [-0.1, -0.05) is 30.3 Å². The monoisotopic (exact) mass is 598 g/mol. The van der Waals surface area contributed by atoms with Gasteiger partial charge in [-0.25, -0.2) is 28.7 Å². The Bertz CT molecular complexity index is 1610. The molecule has 0 radical (unpaired) electrons. The number of ether oxygens (including phenoxy) is 1. The Morgan fingerprint density at radius 1 is 1.26 bits per heavy atom. The lowest BCUT2D eigenvalue weighted by atomic mass is 9.98. The number of amides is 2. The Hall–Kier alpha value is -3.74. The number of anilines is 1. The molecule has 1 saturated heterocycles. The molecular formula is C28H32FN6O6P. The van der Waals surface area contributed by atoms with Crippen LogP contribution in [-0.4, -0.2) is 44.0 Å². The van der Waals surface area contributed by atoms with Gasteiger partial charge in [0, 0.05) is 42.2 Å². The van der Waals surface area contributed by atoms with Crippen molar-refractivity contribution < 1.29 is 32.4 Å². The van der Waals surface area contributed by atoms with Crippen LogP contribution in [0.3, 0.4) is 0 Å². The van der Waals surface area contributed by atoms with Crippen molar-refractivity contribution in [2.45, 2.75) is 51.9 Å². The zero-order chi connectivity index (χ0) is 29.9. The summed E-state index contributed by atoms with van der Waals surface area (Å²) < 4.78 is 45.2. The van der Waals surface area contributed by atoms with E-state index in [1.54, 1.807) is 37.3 Å². The van der Waals surface area contributed by atoms with Crippen LogP contribution in [-0.2, 0) is 30.6 Å². The Kier molecular flexibility index (Phi) is 8.67. The third-order valence-electron chi connectivity index (χ3n) is 6.66. The normalized spacial score (nSPS) is 16.8. The highest BCUT2D eigenvalue weighted by molar-refractivity contribution is 7.47. The average Bonchev–Trinajstić information content (AvgIpc) is 3.62. The highest BCUT2D eigenvalue weighted by atomic mass is 31.2. The molecule has 4 N–H and O–H groups in total. The van der Waals surface area contributed by atoms with Gasteiger partial charge in [-0.15, -0.1) is 0 Å². The standard InChI is InChI=1S/C28H32FN6O6P/c1-4-30-27(36)35-26-33-20-13-19(23(29)22(24(20)34-26)21-11-8-12-39-21)18-14-31-25(32-15-18)28(2,3)41-42(37,38)40-16-17-9-6-5-7-10-17/h5-7,9-10,13-15,21H,4,8,11-12,16H2,1-3H3,(H,37,38)(H3,30,33,34,35,36)/t21-/m1/s1. The Morgan fingerprint density at radius 3 is 2.67 bits per heavy atom. The number of halogens is 1. The number of aromatic nitrogens is 4. The summed E-state index contributed by atoms with van der Waals surface area (Å²) in [7, 11) is -4.48. The van der Waals surface area contributed by atoms with E-state index in [9.17, 15) is 14.3 Å². The molecule has 12 nitrogen and oxygen atoms in total. The molecule has 14 heteroatoms. The number of hydrogen-bond acceptors (Lipinski definition) is 8. The summed E-state index contributed by atoms with van der Waals surface area (Å²) in [4.78, 5) is 38.5. The number of carbonyl (C=O) groups is 1. The number of urea groups is 1. The number of fused-ring (bicyclic) bond motifs is 1. The number of nitrogens with zero attached hydrogens (tertiary/aromatic N) is 3. The van der Waals surface area contributed by atoms with E-state index in [-0.39, 0.29) is 23.9 Å². The molecule has 3 heterocycles. The van der Waals surface area contributed by atoms with Gasteiger partial charge in [0.05, 0.1) is 23.7 Å². The second-order valence-corrected chi connectivity index (χ2v) is 11.6. The smallest absolute Gasteiger partial charge is 0.373 e. The molecule has 1 aliphatic rings. The molecule has 1 fully saturated rings. The van der Waals surface area contributed by atoms with Crippen molar-refractivity contribution in [3.05, 3.63) is 71.6 Å². The van der Waals surface area contributed by atoms with Crippen LogP contribution >= 0.6 is 7.82 Å². The predicted molar refractivity (Wildman–Crippen MR) is 153 cm³/mol. The predicted octanol–water partition coefficient (Wildman–Crippen LogP) is 5.72. The Morgan fingerprint density at radius 2 is 2.00 bits per heavy atom. The first-order chi connectivity index (χ1) is 20.1. The number of aromatic amines is 1. The fourth-order valence-corrected chi connectivity index (χ4v) is 5.73. The molecule has 1 unspecified atom stereocenters. The quantitative estimate of drug-likeness (QED) is 0.167. The van der Waals surface area contributed by atoms with Gasteiger partial charge < -0.3 is 19.9 Å². The summed E-state index contributed by atoms with van der Waals surface area (Å²) in [5, 5.41) is 5.24. The minimum absolute atomic E-state index is 0.0952. The third-order valence-corrected chi connectivity index (χ3v) is 7.80. The van der Waals surface area contributed by atoms with Crippen molar-refractivity contribution >= 4 is 30.8 Å². The van der Waals surface area contributed by atoms with Crippen LogP contribution in [0.25, 0.3) is 22.2 Å². The van der Waals surface area contributed by atoms with E-state index in [2.05, 4.69) is 30.6 Å². The second-order valence-electron chi connectivity index (χ2n) is 10.2. The summed E-state index contributed by atoms with van der Waals surface area (Å²) in [6.07, 6.45) is 3.73. The van der Waals surface area contributed by atoms with E-state index in [0.717, 1.165) is 6.42 Å². The van der Waals surface area contributed by atoms with Crippen molar-refractivity contribution in [3.8, 4) is 11.1 Å². The van der Waals surface area contributed by atoms with Crippen molar-refractivity contribution in [1.82, 2.24) is 25.3 Å². The van der Waals surface area contributed by atoms with Crippen LogP contribution < -0.4 is 10.6 Å². The van der Waals surface area contributed by atoms with Gasteiger partial charge in [0.1, 0.15) is 11.4 Å². The zero-order valence-corrected chi connectivity index (χ0v) is 24.3. The lowest BCUT2D eigenvalue weighted by Gasteiger charge is -2.25. The molecule has 222 valence electrons. The summed E-state index contributed by atoms with van der Waals surface area (Å²) in [5.74, 6) is -0.262. The topological polar surface area (TPSA) is 161 Å². The van der Waals surface area contributed by atoms with E-state index >= 15 is 4.39 Å². The van der Waals surface area contributed by atoms with E-state index < -0.39 is 31.4 Å². The fraction of sp³-hybridized carbons (Fsp3) is 0.357. The first kappa shape index (κ1) is 29.7. The summed E-state index contributed by atoms with van der Waals surface area (Å²) >= 11 is 0. The number of nitrogens with one attached hydrogen (secondary N) is 3. The van der Waals surface area contributed by atoms with Crippen molar-refractivity contribution in [3.63, 3.8) is 0 Å². The third kappa shape index (κ3) is 6.66.